The molecule has 4 nitrogen and oxygen atoms in total. The number of aryl methyl sites for hydroxylation is 1. The average Bonchev–Trinajstić information content (AvgIpc) is 2.90. The Balaban J connectivity index is 2.29. The monoisotopic (exact) mass is 260 g/mol. The fraction of sp³-hybridized carbons (Fsp3) is 0.154. The van der Waals surface area contributed by atoms with Crippen LogP contribution < -0.4 is 10.5 Å². The van der Waals surface area contributed by atoms with E-state index < -0.39 is 0 Å². The van der Waals surface area contributed by atoms with Crippen molar-refractivity contribution in [3.63, 3.8) is 0 Å². The molecule has 2 heterocycles. The third-order valence-corrected chi connectivity index (χ3v) is 3.52. The Labute approximate surface area is 108 Å². The number of nitrogens with two attached hydrogens (primary N) is 1. The second-order valence-electron chi connectivity index (χ2n) is 3.97. The Hall–Kier alpha value is -2.01. The van der Waals surface area contributed by atoms with Crippen LogP contribution in [0.4, 0.5) is 5.13 Å². The lowest BCUT2D eigenvalue weighted by Crippen LogP contribution is -1.84. The van der Waals surface area contributed by atoms with Gasteiger partial charge in [-0.2, -0.15) is 0 Å². The van der Waals surface area contributed by atoms with Gasteiger partial charge in [-0.25, -0.2) is 4.98 Å². The van der Waals surface area contributed by atoms with E-state index in [1.807, 2.05) is 30.5 Å². The van der Waals surface area contributed by atoms with Gasteiger partial charge >= 0.3 is 0 Å². The highest BCUT2D eigenvalue weighted by Gasteiger charge is 2.15. The molecule has 0 radical (unpaired) electrons. The minimum Gasteiger partial charge on any atom is -0.497 e. The molecule has 18 heavy (non-hydrogen) atoms. The van der Waals surface area contributed by atoms with Gasteiger partial charge in [-0.05, 0) is 25.1 Å². The van der Waals surface area contributed by atoms with Gasteiger partial charge < -0.3 is 14.9 Å². The summed E-state index contributed by atoms with van der Waals surface area (Å²) in [5, 5.41) is 3.49. The highest BCUT2D eigenvalue weighted by molar-refractivity contribution is 7.13. The van der Waals surface area contributed by atoms with Crippen molar-refractivity contribution in [2.75, 3.05) is 12.8 Å². The molecule has 0 spiro atoms. The van der Waals surface area contributed by atoms with E-state index >= 15 is 0 Å². The Bertz CT molecular complexity index is 715. The molecule has 0 aliphatic carbocycles. The van der Waals surface area contributed by atoms with Gasteiger partial charge in [0, 0.05) is 10.8 Å². The third-order valence-electron chi connectivity index (χ3n) is 2.85. The van der Waals surface area contributed by atoms with Gasteiger partial charge in [-0.15, -0.1) is 11.3 Å². The molecule has 0 aliphatic rings. The number of furan rings is 1. The molecule has 2 N–H and O–H groups in total. The molecule has 0 aliphatic heterocycles. The second kappa shape index (κ2) is 4.03. The Morgan fingerprint density at radius 1 is 1.39 bits per heavy atom. The highest BCUT2D eigenvalue weighted by Crippen LogP contribution is 2.36. The minimum absolute atomic E-state index is 0.557. The van der Waals surface area contributed by atoms with Crippen LogP contribution in [0.15, 0.2) is 28.0 Å². The van der Waals surface area contributed by atoms with Gasteiger partial charge in [0.15, 0.2) is 5.13 Å². The summed E-state index contributed by atoms with van der Waals surface area (Å²) >= 11 is 1.42. The van der Waals surface area contributed by atoms with E-state index in [1.54, 1.807) is 7.11 Å². The quantitative estimate of drug-likeness (QED) is 0.766. The predicted molar refractivity (Wildman–Crippen MR) is 73.0 cm³/mol. The number of fused-ring (bicyclic) bond motifs is 1. The summed E-state index contributed by atoms with van der Waals surface area (Å²) in [6, 6.07) is 5.74. The van der Waals surface area contributed by atoms with Crippen molar-refractivity contribution < 1.29 is 9.15 Å². The maximum absolute atomic E-state index is 5.73. The van der Waals surface area contributed by atoms with Crippen molar-refractivity contribution in [2.45, 2.75) is 6.92 Å². The van der Waals surface area contributed by atoms with Crippen LogP contribution in [-0.2, 0) is 0 Å². The van der Waals surface area contributed by atoms with E-state index in [-0.39, 0.29) is 0 Å². The van der Waals surface area contributed by atoms with Gasteiger partial charge in [0.05, 0.1) is 18.4 Å². The molecule has 3 rings (SSSR count). The van der Waals surface area contributed by atoms with E-state index in [2.05, 4.69) is 4.98 Å². The number of ether oxygens (including phenoxy) is 1. The lowest BCUT2D eigenvalue weighted by Gasteiger charge is -1.99. The normalized spacial score (nSPS) is 11.0. The zero-order chi connectivity index (χ0) is 12.7. The third kappa shape index (κ3) is 1.64. The van der Waals surface area contributed by atoms with E-state index in [1.165, 1.54) is 11.3 Å². The number of methoxy groups -OCH3 is 1. The molecule has 0 unspecified atom stereocenters. The number of aromatic nitrogens is 1. The number of rotatable bonds is 2. The topological polar surface area (TPSA) is 61.3 Å². The zero-order valence-corrected chi connectivity index (χ0v) is 10.9. The van der Waals surface area contributed by atoms with Crippen LogP contribution in [0.2, 0.25) is 0 Å². The fourth-order valence-electron chi connectivity index (χ4n) is 2.05. The summed E-state index contributed by atoms with van der Waals surface area (Å²) < 4.78 is 11.0. The van der Waals surface area contributed by atoms with E-state index in [0.29, 0.717) is 5.13 Å². The Kier molecular flexibility index (Phi) is 2.48. The van der Waals surface area contributed by atoms with Gasteiger partial charge in [0.25, 0.3) is 0 Å². The maximum Gasteiger partial charge on any atom is 0.180 e. The number of hydrogen-bond donors (Lipinski definition) is 1. The molecule has 92 valence electrons. The summed E-state index contributed by atoms with van der Waals surface area (Å²) in [7, 11) is 1.65. The summed E-state index contributed by atoms with van der Waals surface area (Å²) in [5.41, 5.74) is 8.35. The summed E-state index contributed by atoms with van der Waals surface area (Å²) in [6.45, 7) is 1.93. The largest absolute Gasteiger partial charge is 0.497 e. The number of thiazole rings is 1. The average molecular weight is 260 g/mol. The molecular weight excluding hydrogens is 248 g/mol. The zero-order valence-electron chi connectivity index (χ0n) is 10.1. The molecule has 0 saturated heterocycles. The van der Waals surface area contributed by atoms with E-state index in [9.17, 15) is 0 Å². The van der Waals surface area contributed by atoms with Crippen molar-refractivity contribution in [1.82, 2.24) is 4.98 Å². The molecule has 0 atom stereocenters. The van der Waals surface area contributed by atoms with Crippen molar-refractivity contribution in [3.05, 3.63) is 29.3 Å². The van der Waals surface area contributed by atoms with E-state index in [0.717, 1.165) is 33.7 Å². The molecule has 0 saturated carbocycles. The number of anilines is 1. The van der Waals surface area contributed by atoms with Crippen molar-refractivity contribution in [3.8, 4) is 17.0 Å². The molecule has 5 heteroatoms. The predicted octanol–water partition coefficient (Wildman–Crippen LogP) is 3.46. The number of hydrogen-bond acceptors (Lipinski definition) is 5. The summed E-state index contributed by atoms with van der Waals surface area (Å²) in [4.78, 5) is 4.32. The smallest absolute Gasteiger partial charge is 0.180 e. The first-order valence-corrected chi connectivity index (χ1v) is 6.35. The van der Waals surface area contributed by atoms with Gasteiger partial charge in [0.2, 0.25) is 0 Å². The summed E-state index contributed by atoms with van der Waals surface area (Å²) in [5.74, 6) is 1.64. The molecule has 0 amide bonds. The first kappa shape index (κ1) is 11.1. The first-order valence-electron chi connectivity index (χ1n) is 5.47. The second-order valence-corrected chi connectivity index (χ2v) is 4.86. The van der Waals surface area contributed by atoms with Crippen LogP contribution in [0.5, 0.6) is 5.75 Å². The number of benzene rings is 1. The van der Waals surface area contributed by atoms with Crippen LogP contribution in [0.1, 0.15) is 5.76 Å². The highest BCUT2D eigenvalue weighted by atomic mass is 32.1. The van der Waals surface area contributed by atoms with Gasteiger partial charge in [-0.3, -0.25) is 0 Å². The molecular formula is C13H12N2O2S. The van der Waals surface area contributed by atoms with Crippen molar-refractivity contribution >= 4 is 27.4 Å². The van der Waals surface area contributed by atoms with Crippen LogP contribution in [0.25, 0.3) is 22.2 Å². The van der Waals surface area contributed by atoms with Crippen LogP contribution >= 0.6 is 11.3 Å². The van der Waals surface area contributed by atoms with Gasteiger partial charge in [0.1, 0.15) is 17.1 Å². The standard InChI is InChI=1S/C13H12N2O2S/c1-7-12(10-6-18-13(14)15-10)9-5-8(16-2)3-4-11(9)17-7/h3-6H,1-2H3,(H2,14,15). The molecule has 3 aromatic rings. The molecule has 1 aromatic carbocycles. The van der Waals surface area contributed by atoms with Crippen molar-refractivity contribution in [2.24, 2.45) is 0 Å². The van der Waals surface area contributed by atoms with Crippen LogP contribution in [0.3, 0.4) is 0 Å². The van der Waals surface area contributed by atoms with Gasteiger partial charge in [-0.1, -0.05) is 0 Å². The first-order chi connectivity index (χ1) is 8.69. The fourth-order valence-corrected chi connectivity index (χ4v) is 2.60. The minimum atomic E-state index is 0.557. The molecule has 2 aromatic heterocycles. The van der Waals surface area contributed by atoms with Crippen molar-refractivity contribution in [1.29, 1.82) is 0 Å². The lowest BCUT2D eigenvalue weighted by molar-refractivity contribution is 0.415. The maximum atomic E-state index is 5.73. The SMILES string of the molecule is COc1ccc2oc(C)c(-c3csc(N)n3)c2c1. The van der Waals surface area contributed by atoms with Crippen LogP contribution in [-0.4, -0.2) is 12.1 Å². The number of nitrogen functional groups attached to an aromatic ring is 1. The summed E-state index contributed by atoms with van der Waals surface area (Å²) in [6.07, 6.45) is 0. The molecule has 0 bridgehead atoms. The Morgan fingerprint density at radius 3 is 2.89 bits per heavy atom. The lowest BCUT2D eigenvalue weighted by atomic mass is 10.1. The van der Waals surface area contributed by atoms with Crippen LogP contribution in [0, 0.1) is 6.92 Å². The number of nitrogens with zero attached hydrogens (tertiary/aromatic N) is 1. The Morgan fingerprint density at radius 2 is 2.22 bits per heavy atom. The molecule has 0 fully saturated rings. The van der Waals surface area contributed by atoms with E-state index in [4.69, 9.17) is 14.9 Å².